The van der Waals surface area contributed by atoms with E-state index in [1.54, 1.807) is 36.4 Å². The smallest absolute Gasteiger partial charge is 0.343 e. The second kappa shape index (κ2) is 10.3. The number of benzene rings is 2. The molecule has 2 aromatic rings. The number of rotatable bonds is 6. The molecule has 0 aliphatic heterocycles. The van der Waals surface area contributed by atoms with Crippen molar-refractivity contribution in [3.63, 3.8) is 0 Å². The van der Waals surface area contributed by atoms with E-state index in [0.29, 0.717) is 25.6 Å². The summed E-state index contributed by atoms with van der Waals surface area (Å²) in [4.78, 5) is 23.6. The molecule has 0 aliphatic rings. The monoisotopic (exact) mass is 530 g/mol. The molecular weight excluding hydrogens is 518 g/mol. The molecule has 0 saturated heterocycles. The number of nitriles is 1. The molecule has 0 atom stereocenters. The lowest BCUT2D eigenvalue weighted by Crippen LogP contribution is -2.14. The first kappa shape index (κ1) is 22.0. The van der Waals surface area contributed by atoms with Crippen molar-refractivity contribution in [2.75, 3.05) is 19.0 Å². The summed E-state index contributed by atoms with van der Waals surface area (Å²) >= 11 is 14.0. The van der Waals surface area contributed by atoms with E-state index in [9.17, 15) is 14.9 Å². The predicted molar refractivity (Wildman–Crippen MR) is 115 cm³/mol. The van der Waals surface area contributed by atoms with Crippen molar-refractivity contribution >= 4 is 69.4 Å². The van der Waals surface area contributed by atoms with Gasteiger partial charge in [-0.2, -0.15) is 5.26 Å². The molecule has 0 bridgehead atoms. The van der Waals surface area contributed by atoms with Crippen LogP contribution in [-0.2, 0) is 14.3 Å². The fraction of sp³-hybridized carbons (Fsp3) is 0.105. The van der Waals surface area contributed by atoms with Crippen molar-refractivity contribution in [3.05, 3.63) is 61.2 Å². The van der Waals surface area contributed by atoms with Crippen LogP contribution in [0.5, 0.6) is 5.75 Å². The lowest BCUT2D eigenvalue weighted by atomic mass is 10.1. The number of nitrogens with one attached hydrogen (secondary N) is 1. The van der Waals surface area contributed by atoms with Gasteiger partial charge in [-0.3, -0.25) is 4.79 Å². The molecule has 0 saturated carbocycles. The number of nitrogens with zero attached hydrogens (tertiary/aromatic N) is 1. The summed E-state index contributed by atoms with van der Waals surface area (Å²) in [6, 6.07) is 11.7. The van der Waals surface area contributed by atoms with Gasteiger partial charge in [-0.05, 0) is 58.5 Å². The molecule has 1 amide bonds. The molecule has 0 fully saturated rings. The van der Waals surface area contributed by atoms with Crippen LogP contribution in [0.2, 0.25) is 10.0 Å². The van der Waals surface area contributed by atoms with Crippen molar-refractivity contribution < 1.29 is 19.1 Å². The van der Waals surface area contributed by atoms with Gasteiger partial charge in [-0.15, -0.1) is 0 Å². The van der Waals surface area contributed by atoms with Gasteiger partial charge >= 0.3 is 5.97 Å². The highest BCUT2D eigenvalue weighted by Crippen LogP contribution is 2.30. The van der Waals surface area contributed by atoms with E-state index in [0.717, 1.165) is 0 Å². The zero-order valence-electron chi connectivity index (χ0n) is 14.5. The van der Waals surface area contributed by atoms with Gasteiger partial charge in [0, 0.05) is 0 Å². The van der Waals surface area contributed by atoms with Crippen LogP contribution in [0.3, 0.4) is 0 Å². The molecule has 0 aromatic heterocycles. The van der Waals surface area contributed by atoms with E-state index in [1.807, 2.05) is 28.7 Å². The Hall–Kier alpha value is -2.28. The normalized spacial score (nSPS) is 10.8. The number of carbonyl (C=O) groups is 2. The Morgan fingerprint density at radius 1 is 1.29 bits per heavy atom. The van der Waals surface area contributed by atoms with E-state index >= 15 is 0 Å². The number of carbonyl (C=O) groups excluding carboxylic acids is 2. The van der Waals surface area contributed by atoms with Crippen LogP contribution < -0.4 is 10.1 Å². The van der Waals surface area contributed by atoms with Crippen LogP contribution in [0.1, 0.15) is 5.56 Å². The summed E-state index contributed by atoms with van der Waals surface area (Å²) in [5.41, 5.74) is 0.801. The van der Waals surface area contributed by atoms with Gasteiger partial charge in [0.05, 0.1) is 26.4 Å². The topological polar surface area (TPSA) is 88.4 Å². The van der Waals surface area contributed by atoms with E-state index in [2.05, 4.69) is 10.1 Å². The molecule has 0 aliphatic carbocycles. The van der Waals surface area contributed by atoms with Gasteiger partial charge in [-0.1, -0.05) is 35.3 Å². The molecular formula is C19H13Cl2IN2O4. The maximum absolute atomic E-state index is 12.4. The third-order valence-electron chi connectivity index (χ3n) is 3.41. The van der Waals surface area contributed by atoms with Crippen LogP contribution in [0, 0.1) is 14.9 Å². The predicted octanol–water partition coefficient (Wildman–Crippen LogP) is 4.70. The summed E-state index contributed by atoms with van der Waals surface area (Å²) in [7, 11) is 1.27. The van der Waals surface area contributed by atoms with Crippen LogP contribution in [0.25, 0.3) is 6.08 Å². The van der Waals surface area contributed by atoms with Gasteiger partial charge in [-0.25, -0.2) is 4.79 Å². The third-order valence-corrected chi connectivity index (χ3v) is 5.07. The summed E-state index contributed by atoms with van der Waals surface area (Å²) < 4.78 is 10.6. The molecule has 2 rings (SSSR count). The highest BCUT2D eigenvalue weighted by molar-refractivity contribution is 14.1. The molecule has 1 N–H and O–H groups in total. The second-order valence-corrected chi connectivity index (χ2v) is 7.23. The molecule has 6 nitrogen and oxygen atoms in total. The lowest BCUT2D eigenvalue weighted by molar-refractivity contribution is -0.142. The number of hydrogen-bond acceptors (Lipinski definition) is 5. The van der Waals surface area contributed by atoms with Gasteiger partial charge in [0.25, 0.3) is 5.91 Å². The minimum atomic E-state index is -0.618. The first-order valence-corrected chi connectivity index (χ1v) is 9.55. The van der Waals surface area contributed by atoms with Gasteiger partial charge < -0.3 is 14.8 Å². The van der Waals surface area contributed by atoms with Crippen LogP contribution in [0.4, 0.5) is 5.69 Å². The zero-order valence-corrected chi connectivity index (χ0v) is 18.1. The minimum absolute atomic E-state index is 0.116. The number of amides is 1. The maximum Gasteiger partial charge on any atom is 0.343 e. The highest BCUT2D eigenvalue weighted by atomic mass is 127. The molecule has 0 heterocycles. The Morgan fingerprint density at radius 3 is 2.68 bits per heavy atom. The summed E-state index contributed by atoms with van der Waals surface area (Å²) in [6.07, 6.45) is 1.43. The van der Waals surface area contributed by atoms with Crippen LogP contribution >= 0.6 is 45.8 Å². The Balaban J connectivity index is 2.18. The first-order chi connectivity index (χ1) is 13.3. The number of ether oxygens (including phenoxy) is 2. The Bertz CT molecular complexity index is 986. The van der Waals surface area contributed by atoms with E-state index in [1.165, 1.54) is 13.2 Å². The Kier molecular flexibility index (Phi) is 8.11. The molecule has 9 heteroatoms. The number of halogens is 3. The van der Waals surface area contributed by atoms with E-state index < -0.39 is 11.9 Å². The van der Waals surface area contributed by atoms with Crippen molar-refractivity contribution in [1.29, 1.82) is 5.26 Å². The fourth-order valence-electron chi connectivity index (χ4n) is 2.02. The Labute approximate surface area is 185 Å². The molecule has 28 heavy (non-hydrogen) atoms. The lowest BCUT2D eigenvalue weighted by Gasteiger charge is -2.09. The van der Waals surface area contributed by atoms with Gasteiger partial charge in [0.2, 0.25) is 0 Å². The van der Waals surface area contributed by atoms with Gasteiger partial charge in [0.15, 0.2) is 6.61 Å². The van der Waals surface area contributed by atoms with Crippen LogP contribution in [-0.4, -0.2) is 25.6 Å². The Morgan fingerprint density at radius 2 is 2.04 bits per heavy atom. The second-order valence-electron chi connectivity index (χ2n) is 5.28. The molecule has 144 valence electrons. The van der Waals surface area contributed by atoms with Crippen molar-refractivity contribution in [3.8, 4) is 11.8 Å². The molecule has 0 unspecified atom stereocenters. The number of hydrogen-bond donors (Lipinski definition) is 1. The number of methoxy groups -OCH3 is 1. The first-order valence-electron chi connectivity index (χ1n) is 7.72. The summed E-state index contributed by atoms with van der Waals surface area (Å²) in [5.74, 6) is -0.632. The average Bonchev–Trinajstić information content (AvgIpc) is 2.68. The zero-order chi connectivity index (χ0) is 20.7. The number of anilines is 1. The summed E-state index contributed by atoms with van der Waals surface area (Å²) in [5, 5.41) is 12.4. The number of esters is 1. The van der Waals surface area contributed by atoms with Crippen molar-refractivity contribution in [2.24, 2.45) is 0 Å². The standard InChI is InChI=1S/C19H13Cl2IN2O4/c1-27-17(25)10-28-16-6-5-11(8-14(16)22)7-12(9-23)19(26)24-15-4-2-3-13(20)18(15)21/h2-8H,10H2,1H3,(H,24,26)/b12-7-. The SMILES string of the molecule is COC(=O)COc1ccc(/C=C(/C#N)C(=O)Nc2cccc(Cl)c2Cl)cc1I. The average molecular weight is 531 g/mol. The third kappa shape index (κ3) is 5.86. The maximum atomic E-state index is 12.4. The van der Waals surface area contributed by atoms with Crippen LogP contribution in [0.15, 0.2) is 42.0 Å². The summed E-state index contributed by atoms with van der Waals surface area (Å²) in [6.45, 7) is -0.214. The fourth-order valence-corrected chi connectivity index (χ4v) is 3.07. The van der Waals surface area contributed by atoms with Crippen molar-refractivity contribution in [2.45, 2.75) is 0 Å². The van der Waals surface area contributed by atoms with Crippen molar-refractivity contribution in [1.82, 2.24) is 0 Å². The highest BCUT2D eigenvalue weighted by Gasteiger charge is 2.13. The molecule has 0 radical (unpaired) electrons. The quantitative estimate of drug-likeness (QED) is 0.253. The minimum Gasteiger partial charge on any atom is -0.481 e. The largest absolute Gasteiger partial charge is 0.481 e. The van der Waals surface area contributed by atoms with E-state index in [4.69, 9.17) is 27.9 Å². The van der Waals surface area contributed by atoms with E-state index in [-0.39, 0.29) is 17.2 Å². The molecule has 2 aromatic carbocycles. The molecule has 0 spiro atoms. The van der Waals surface area contributed by atoms with Gasteiger partial charge in [0.1, 0.15) is 17.4 Å².